The minimum Gasteiger partial charge on any atom is -0.508 e. The van der Waals surface area contributed by atoms with E-state index in [1.54, 1.807) is 0 Å². The molecule has 2 atom stereocenters. The zero-order valence-electron chi connectivity index (χ0n) is 13.4. The Morgan fingerprint density at radius 3 is 2.62 bits per heavy atom. The Labute approximate surface area is 128 Å². The van der Waals surface area contributed by atoms with Crippen LogP contribution in [0.3, 0.4) is 0 Å². The normalized spacial score (nSPS) is 22.4. The van der Waals surface area contributed by atoms with Crippen molar-refractivity contribution in [3.63, 3.8) is 0 Å². The molecule has 1 aliphatic carbocycles. The average Bonchev–Trinajstić information content (AvgIpc) is 2.45. The van der Waals surface area contributed by atoms with E-state index in [0.29, 0.717) is 18.2 Å². The molecule has 0 aliphatic heterocycles. The molecule has 1 fully saturated rings. The lowest BCUT2D eigenvalue weighted by atomic mass is 9.83. The number of aryl methyl sites for hydroxylation is 2. The number of nitrogens with one attached hydrogen (secondary N) is 1. The van der Waals surface area contributed by atoms with Crippen molar-refractivity contribution < 1.29 is 10.2 Å². The van der Waals surface area contributed by atoms with Crippen LogP contribution in [0.1, 0.15) is 55.2 Å². The Balaban J connectivity index is 1.69. The van der Waals surface area contributed by atoms with Gasteiger partial charge in [0.15, 0.2) is 0 Å². The molecule has 3 N–H and O–H groups in total. The summed E-state index contributed by atoms with van der Waals surface area (Å²) in [4.78, 5) is 0. The largest absolute Gasteiger partial charge is 0.508 e. The van der Waals surface area contributed by atoms with Gasteiger partial charge in [-0.3, -0.25) is 0 Å². The van der Waals surface area contributed by atoms with Gasteiger partial charge < -0.3 is 15.5 Å². The summed E-state index contributed by atoms with van der Waals surface area (Å²) < 4.78 is 0. The zero-order valence-corrected chi connectivity index (χ0v) is 13.4. The number of aliphatic hydroxyl groups is 1. The van der Waals surface area contributed by atoms with Crippen molar-refractivity contribution >= 4 is 0 Å². The molecule has 2 unspecified atom stereocenters. The van der Waals surface area contributed by atoms with Gasteiger partial charge in [-0.1, -0.05) is 18.9 Å². The van der Waals surface area contributed by atoms with Crippen molar-refractivity contribution in [1.82, 2.24) is 5.32 Å². The maximum Gasteiger partial charge on any atom is 0.120 e. The molecule has 1 aromatic rings. The van der Waals surface area contributed by atoms with E-state index in [1.165, 1.54) is 24.8 Å². The molecule has 0 aromatic heterocycles. The highest BCUT2D eigenvalue weighted by Gasteiger charge is 2.22. The van der Waals surface area contributed by atoms with Gasteiger partial charge >= 0.3 is 0 Å². The quantitative estimate of drug-likeness (QED) is 0.704. The second-order valence-corrected chi connectivity index (χ2v) is 6.50. The van der Waals surface area contributed by atoms with Gasteiger partial charge in [0, 0.05) is 12.1 Å². The monoisotopic (exact) mass is 291 g/mol. The summed E-state index contributed by atoms with van der Waals surface area (Å²) in [6.45, 7) is 5.74. The van der Waals surface area contributed by atoms with E-state index >= 15 is 0 Å². The fourth-order valence-corrected chi connectivity index (χ4v) is 3.24. The first-order chi connectivity index (χ1) is 10.1. The van der Waals surface area contributed by atoms with Crippen LogP contribution in [0.15, 0.2) is 12.1 Å². The van der Waals surface area contributed by atoms with Crippen LogP contribution < -0.4 is 5.32 Å². The lowest BCUT2D eigenvalue weighted by Gasteiger charge is -2.27. The molecule has 0 bridgehead atoms. The Bertz CT molecular complexity index is 459. The van der Waals surface area contributed by atoms with Gasteiger partial charge in [0.25, 0.3) is 0 Å². The number of hydrogen-bond donors (Lipinski definition) is 3. The smallest absolute Gasteiger partial charge is 0.120 e. The van der Waals surface area contributed by atoms with Crippen molar-refractivity contribution in [2.45, 2.75) is 65.0 Å². The summed E-state index contributed by atoms with van der Waals surface area (Å²) in [5.41, 5.74) is 3.31. The summed E-state index contributed by atoms with van der Waals surface area (Å²) in [6, 6.07) is 3.90. The summed E-state index contributed by atoms with van der Waals surface area (Å²) in [6.07, 6.45) is 6.73. The van der Waals surface area contributed by atoms with Gasteiger partial charge in [0.2, 0.25) is 0 Å². The van der Waals surface area contributed by atoms with Gasteiger partial charge in [-0.2, -0.15) is 0 Å². The van der Waals surface area contributed by atoms with Crippen LogP contribution in [0, 0.1) is 19.8 Å². The Kier molecular flexibility index (Phi) is 6.07. The Morgan fingerprint density at radius 1 is 1.14 bits per heavy atom. The van der Waals surface area contributed by atoms with Gasteiger partial charge in [0.05, 0.1) is 6.10 Å². The Hall–Kier alpha value is -1.06. The minimum atomic E-state index is -0.0810. The summed E-state index contributed by atoms with van der Waals surface area (Å²) in [5.74, 6) is 0.879. The van der Waals surface area contributed by atoms with Gasteiger partial charge in [0.1, 0.15) is 5.75 Å². The number of aliphatic hydroxyl groups excluding tert-OH is 1. The second-order valence-electron chi connectivity index (χ2n) is 6.50. The van der Waals surface area contributed by atoms with E-state index in [1.807, 2.05) is 13.0 Å². The number of hydrogen-bond acceptors (Lipinski definition) is 3. The van der Waals surface area contributed by atoms with Crippen molar-refractivity contribution in [1.29, 1.82) is 0 Å². The van der Waals surface area contributed by atoms with Crippen LogP contribution in [0.5, 0.6) is 5.75 Å². The van der Waals surface area contributed by atoms with Gasteiger partial charge in [-0.15, -0.1) is 0 Å². The average molecular weight is 291 g/mol. The highest BCUT2D eigenvalue weighted by atomic mass is 16.3. The third-order valence-corrected chi connectivity index (χ3v) is 4.81. The predicted octanol–water partition coefficient (Wildman–Crippen LogP) is 3.43. The molecular formula is C18H29NO2. The number of rotatable bonds is 6. The van der Waals surface area contributed by atoms with Crippen molar-refractivity contribution in [3.05, 3.63) is 28.8 Å². The highest BCUT2D eigenvalue weighted by Crippen LogP contribution is 2.27. The predicted molar refractivity (Wildman–Crippen MR) is 86.5 cm³/mol. The lowest BCUT2D eigenvalue weighted by Crippen LogP contribution is -2.25. The molecule has 1 saturated carbocycles. The minimum absolute atomic E-state index is 0.0810. The van der Waals surface area contributed by atoms with Crippen LogP contribution in [-0.2, 0) is 6.54 Å². The number of aromatic hydroxyl groups is 1. The molecular weight excluding hydrogens is 262 g/mol. The number of phenolic OH excluding ortho intramolecular Hbond substituents is 1. The van der Waals surface area contributed by atoms with Crippen molar-refractivity contribution in [3.8, 4) is 5.75 Å². The molecule has 21 heavy (non-hydrogen) atoms. The third kappa shape index (κ3) is 4.72. The SMILES string of the molecule is Cc1cc(O)c(CNCCCC2CCCCC2O)cc1C. The molecule has 2 rings (SSSR count). The summed E-state index contributed by atoms with van der Waals surface area (Å²) >= 11 is 0. The van der Waals surface area contributed by atoms with Gasteiger partial charge in [-0.05, 0) is 69.2 Å². The molecule has 0 heterocycles. The van der Waals surface area contributed by atoms with Crippen LogP contribution in [0.25, 0.3) is 0 Å². The van der Waals surface area contributed by atoms with Crippen LogP contribution in [0.2, 0.25) is 0 Å². The highest BCUT2D eigenvalue weighted by molar-refractivity contribution is 5.40. The van der Waals surface area contributed by atoms with Crippen LogP contribution in [0.4, 0.5) is 0 Å². The maximum absolute atomic E-state index is 9.94. The molecule has 118 valence electrons. The third-order valence-electron chi connectivity index (χ3n) is 4.81. The number of benzene rings is 1. The topological polar surface area (TPSA) is 52.5 Å². The molecule has 0 amide bonds. The first-order valence-corrected chi connectivity index (χ1v) is 8.26. The van der Waals surface area contributed by atoms with E-state index in [4.69, 9.17) is 0 Å². The van der Waals surface area contributed by atoms with E-state index in [2.05, 4.69) is 18.3 Å². The van der Waals surface area contributed by atoms with Crippen molar-refractivity contribution in [2.24, 2.45) is 5.92 Å². The fourth-order valence-electron chi connectivity index (χ4n) is 3.24. The first-order valence-electron chi connectivity index (χ1n) is 8.26. The van der Waals surface area contributed by atoms with Crippen molar-refractivity contribution in [2.75, 3.05) is 6.54 Å². The molecule has 3 heteroatoms. The Morgan fingerprint density at radius 2 is 1.86 bits per heavy atom. The van der Waals surface area contributed by atoms with Crippen LogP contribution in [-0.4, -0.2) is 22.9 Å². The number of phenols is 1. The zero-order chi connectivity index (χ0) is 15.2. The van der Waals surface area contributed by atoms with E-state index in [0.717, 1.165) is 36.9 Å². The molecule has 3 nitrogen and oxygen atoms in total. The molecule has 0 radical (unpaired) electrons. The summed E-state index contributed by atoms with van der Waals surface area (Å²) in [5, 5.41) is 23.3. The van der Waals surface area contributed by atoms with E-state index in [9.17, 15) is 10.2 Å². The van der Waals surface area contributed by atoms with E-state index in [-0.39, 0.29) is 6.10 Å². The van der Waals surface area contributed by atoms with Crippen LogP contribution >= 0.6 is 0 Å². The fraction of sp³-hybridized carbons (Fsp3) is 0.667. The molecule has 1 aromatic carbocycles. The first kappa shape index (κ1) is 16.3. The molecule has 0 spiro atoms. The standard InChI is InChI=1S/C18H29NO2/c1-13-10-16(18(21)11-14(13)2)12-19-9-5-7-15-6-3-4-8-17(15)20/h10-11,15,17,19-21H,3-9,12H2,1-2H3. The van der Waals surface area contributed by atoms with E-state index < -0.39 is 0 Å². The second kappa shape index (κ2) is 7.81. The molecule has 1 aliphatic rings. The lowest BCUT2D eigenvalue weighted by molar-refractivity contribution is 0.0643. The van der Waals surface area contributed by atoms with Gasteiger partial charge in [-0.25, -0.2) is 0 Å². The summed E-state index contributed by atoms with van der Waals surface area (Å²) in [7, 11) is 0. The maximum atomic E-state index is 9.94. The molecule has 0 saturated heterocycles.